The molecule has 3 aromatic rings. The predicted octanol–water partition coefficient (Wildman–Crippen LogP) is 4.32. The molecule has 2 atom stereocenters. The normalized spacial score (nSPS) is 18.0. The third kappa shape index (κ3) is 6.30. The molecule has 0 bridgehead atoms. The van der Waals surface area contributed by atoms with E-state index >= 15 is 0 Å². The number of halogens is 2. The van der Waals surface area contributed by atoms with Gasteiger partial charge in [0.15, 0.2) is 6.17 Å². The second-order valence-corrected chi connectivity index (χ2v) is 10.7. The molecule has 41 heavy (non-hydrogen) atoms. The van der Waals surface area contributed by atoms with Gasteiger partial charge in [0.1, 0.15) is 11.6 Å². The topological polar surface area (TPSA) is 95.7 Å². The van der Waals surface area contributed by atoms with Crippen LogP contribution in [-0.2, 0) is 22.7 Å². The zero-order valence-corrected chi connectivity index (χ0v) is 22.8. The number of amides is 3. The standard InChI is InChI=1S/C32H34F2N4O3/c33-26-16-25(17-27(34)18-26)31(40)37-13-14-38(30(37)29(39)36-20-22-8-6-7-21(15-22)19-35)32(41)28(24-11-4-5-12-24)23-9-2-1-3-10-23/h1-3,6-10,15-18,24,28,30H,4-5,11-14,19-20,35H2,(H,36,39). The molecule has 5 rings (SSSR count). The molecular formula is C32H34F2N4O3. The zero-order valence-electron chi connectivity index (χ0n) is 22.8. The predicted molar refractivity (Wildman–Crippen MR) is 150 cm³/mol. The molecule has 1 heterocycles. The van der Waals surface area contributed by atoms with E-state index in [0.29, 0.717) is 12.6 Å². The number of nitrogens with zero attached hydrogens (tertiary/aromatic N) is 2. The van der Waals surface area contributed by atoms with Gasteiger partial charge in [-0.3, -0.25) is 14.4 Å². The summed E-state index contributed by atoms with van der Waals surface area (Å²) in [4.78, 5) is 44.3. The summed E-state index contributed by atoms with van der Waals surface area (Å²) in [5.41, 5.74) is 8.12. The maximum absolute atomic E-state index is 14.3. The number of nitrogens with two attached hydrogens (primary N) is 1. The summed E-state index contributed by atoms with van der Waals surface area (Å²) in [6.07, 6.45) is 2.59. The summed E-state index contributed by atoms with van der Waals surface area (Å²) in [6, 6.07) is 19.5. The van der Waals surface area contributed by atoms with Crippen LogP contribution in [0.25, 0.3) is 0 Å². The Labute approximate surface area is 238 Å². The third-order valence-corrected chi connectivity index (χ3v) is 8.05. The van der Waals surface area contributed by atoms with Gasteiger partial charge in [0.25, 0.3) is 11.8 Å². The van der Waals surface area contributed by atoms with Gasteiger partial charge in [0.05, 0.1) is 5.92 Å². The Morgan fingerprint density at radius 1 is 0.854 bits per heavy atom. The van der Waals surface area contributed by atoms with Crippen LogP contribution in [-0.4, -0.2) is 46.8 Å². The van der Waals surface area contributed by atoms with E-state index in [1.54, 1.807) is 0 Å². The molecule has 3 aromatic carbocycles. The molecule has 3 N–H and O–H groups in total. The minimum atomic E-state index is -1.27. The number of hydrogen-bond donors (Lipinski definition) is 2. The van der Waals surface area contributed by atoms with E-state index in [1.165, 1.54) is 9.80 Å². The number of benzene rings is 3. The van der Waals surface area contributed by atoms with E-state index < -0.39 is 35.5 Å². The fourth-order valence-corrected chi connectivity index (χ4v) is 6.09. The summed E-state index contributed by atoms with van der Waals surface area (Å²) in [5.74, 6) is -3.63. The van der Waals surface area contributed by atoms with Gasteiger partial charge in [-0.1, -0.05) is 67.4 Å². The summed E-state index contributed by atoms with van der Waals surface area (Å²) < 4.78 is 28.0. The van der Waals surface area contributed by atoms with E-state index in [-0.39, 0.29) is 37.0 Å². The zero-order chi connectivity index (χ0) is 28.9. The van der Waals surface area contributed by atoms with Gasteiger partial charge in [-0.05, 0) is 47.6 Å². The van der Waals surface area contributed by atoms with Crippen LogP contribution in [0, 0.1) is 17.6 Å². The molecule has 7 nitrogen and oxygen atoms in total. The number of carbonyl (C=O) groups is 3. The van der Waals surface area contributed by atoms with Gasteiger partial charge in [-0.15, -0.1) is 0 Å². The highest BCUT2D eigenvalue weighted by molar-refractivity contribution is 6.00. The van der Waals surface area contributed by atoms with E-state index in [0.717, 1.165) is 54.5 Å². The van der Waals surface area contributed by atoms with Crippen LogP contribution in [0.2, 0.25) is 0 Å². The lowest BCUT2D eigenvalue weighted by Crippen LogP contribution is -2.54. The van der Waals surface area contributed by atoms with Crippen molar-refractivity contribution in [2.75, 3.05) is 13.1 Å². The summed E-state index contributed by atoms with van der Waals surface area (Å²) in [7, 11) is 0. The minimum Gasteiger partial charge on any atom is -0.349 e. The SMILES string of the molecule is NCc1cccc(CNC(=O)C2N(C(=O)c3cc(F)cc(F)c3)CCN2C(=O)C(c2ccccc2)C2CCCC2)c1. The maximum atomic E-state index is 14.3. The van der Waals surface area contributed by atoms with Crippen LogP contribution < -0.4 is 11.1 Å². The second-order valence-electron chi connectivity index (χ2n) is 10.7. The van der Waals surface area contributed by atoms with Crippen molar-refractivity contribution in [3.63, 3.8) is 0 Å². The Hall–Kier alpha value is -4.11. The van der Waals surface area contributed by atoms with Crippen molar-refractivity contribution >= 4 is 17.7 Å². The lowest BCUT2D eigenvalue weighted by Gasteiger charge is -2.33. The van der Waals surface area contributed by atoms with Crippen molar-refractivity contribution in [1.82, 2.24) is 15.1 Å². The number of hydrogen-bond acceptors (Lipinski definition) is 4. The van der Waals surface area contributed by atoms with Crippen LogP contribution in [0.15, 0.2) is 72.8 Å². The minimum absolute atomic E-state index is 0.0512. The van der Waals surface area contributed by atoms with Crippen molar-refractivity contribution in [1.29, 1.82) is 0 Å². The van der Waals surface area contributed by atoms with Crippen molar-refractivity contribution in [3.8, 4) is 0 Å². The first-order chi connectivity index (χ1) is 19.9. The Morgan fingerprint density at radius 2 is 1.51 bits per heavy atom. The van der Waals surface area contributed by atoms with Gasteiger partial charge < -0.3 is 20.9 Å². The van der Waals surface area contributed by atoms with Gasteiger partial charge in [-0.25, -0.2) is 8.78 Å². The Morgan fingerprint density at radius 3 is 2.20 bits per heavy atom. The van der Waals surface area contributed by atoms with E-state index in [4.69, 9.17) is 5.73 Å². The van der Waals surface area contributed by atoms with Crippen LogP contribution in [0.4, 0.5) is 8.78 Å². The molecule has 0 aromatic heterocycles. The molecule has 0 radical (unpaired) electrons. The van der Waals surface area contributed by atoms with E-state index in [1.807, 2.05) is 54.6 Å². The van der Waals surface area contributed by atoms with Crippen molar-refractivity contribution in [2.45, 2.75) is 50.9 Å². The first kappa shape index (κ1) is 28.4. The fourth-order valence-electron chi connectivity index (χ4n) is 6.09. The Balaban J connectivity index is 1.46. The number of rotatable bonds is 8. The molecule has 1 saturated heterocycles. The van der Waals surface area contributed by atoms with Crippen LogP contribution in [0.3, 0.4) is 0 Å². The highest BCUT2D eigenvalue weighted by atomic mass is 19.1. The first-order valence-corrected chi connectivity index (χ1v) is 14.0. The second kappa shape index (κ2) is 12.6. The summed E-state index contributed by atoms with van der Waals surface area (Å²) in [5, 5.41) is 2.87. The highest BCUT2D eigenvalue weighted by Crippen LogP contribution is 2.39. The molecule has 3 amide bonds. The molecule has 1 aliphatic carbocycles. The van der Waals surface area contributed by atoms with Crippen molar-refractivity contribution in [3.05, 3.63) is 107 Å². The Bertz CT molecular complexity index is 1390. The molecule has 2 fully saturated rings. The molecule has 214 valence electrons. The first-order valence-electron chi connectivity index (χ1n) is 14.0. The Kier molecular flexibility index (Phi) is 8.73. The smallest absolute Gasteiger partial charge is 0.264 e. The maximum Gasteiger partial charge on any atom is 0.264 e. The quantitative estimate of drug-likeness (QED) is 0.429. The van der Waals surface area contributed by atoms with Crippen LogP contribution in [0.5, 0.6) is 0 Å². The summed E-state index contributed by atoms with van der Waals surface area (Å²) >= 11 is 0. The molecule has 9 heteroatoms. The highest BCUT2D eigenvalue weighted by Gasteiger charge is 2.46. The van der Waals surface area contributed by atoms with E-state index in [9.17, 15) is 23.2 Å². The van der Waals surface area contributed by atoms with Gasteiger partial charge >= 0.3 is 0 Å². The van der Waals surface area contributed by atoms with E-state index in [2.05, 4.69) is 5.32 Å². The number of carbonyl (C=O) groups excluding carboxylic acids is 3. The number of nitrogens with one attached hydrogen (secondary N) is 1. The van der Waals surface area contributed by atoms with Gasteiger partial charge in [0, 0.05) is 37.8 Å². The molecule has 0 spiro atoms. The van der Waals surface area contributed by atoms with Gasteiger partial charge in [-0.2, -0.15) is 0 Å². The molecule has 1 aliphatic heterocycles. The summed E-state index contributed by atoms with van der Waals surface area (Å²) in [6.45, 7) is 0.683. The molecule has 1 saturated carbocycles. The monoisotopic (exact) mass is 560 g/mol. The van der Waals surface area contributed by atoms with Crippen LogP contribution >= 0.6 is 0 Å². The fraction of sp³-hybridized carbons (Fsp3) is 0.344. The van der Waals surface area contributed by atoms with Crippen molar-refractivity contribution < 1.29 is 23.2 Å². The van der Waals surface area contributed by atoms with Gasteiger partial charge in [0.2, 0.25) is 5.91 Å². The lowest BCUT2D eigenvalue weighted by molar-refractivity contribution is -0.143. The molecule has 2 aliphatic rings. The van der Waals surface area contributed by atoms with Crippen molar-refractivity contribution in [2.24, 2.45) is 11.7 Å². The average molecular weight is 561 g/mol. The largest absolute Gasteiger partial charge is 0.349 e. The third-order valence-electron chi connectivity index (χ3n) is 8.05. The molecular weight excluding hydrogens is 526 g/mol. The lowest BCUT2D eigenvalue weighted by atomic mass is 9.83. The average Bonchev–Trinajstić information content (AvgIpc) is 3.67. The molecule has 2 unspecified atom stereocenters. The van der Waals surface area contributed by atoms with Crippen LogP contribution in [0.1, 0.15) is 58.6 Å².